The zero-order valence-electron chi connectivity index (χ0n) is 22.2. The Kier molecular flexibility index (Phi) is 9.64. The quantitative estimate of drug-likeness (QED) is 0.387. The number of hydrazine groups is 1. The van der Waals surface area contributed by atoms with Gasteiger partial charge in [0.05, 0.1) is 7.11 Å². The number of esters is 1. The van der Waals surface area contributed by atoms with Crippen LogP contribution in [0.1, 0.15) is 58.2 Å². The van der Waals surface area contributed by atoms with Gasteiger partial charge in [0.25, 0.3) is 0 Å². The lowest BCUT2D eigenvalue weighted by Crippen LogP contribution is -2.60. The first-order valence-corrected chi connectivity index (χ1v) is 11.9. The Morgan fingerprint density at radius 1 is 0.889 bits per heavy atom. The van der Waals surface area contributed by atoms with Crippen LogP contribution >= 0.6 is 0 Å². The van der Waals surface area contributed by atoms with Crippen molar-refractivity contribution in [2.45, 2.75) is 77.5 Å². The van der Waals surface area contributed by atoms with Crippen molar-refractivity contribution in [1.29, 1.82) is 0 Å². The maximum Gasteiger partial charge on any atom is 0.425 e. The molecule has 0 saturated heterocycles. The second-order valence-electron chi connectivity index (χ2n) is 10.7. The monoisotopic (exact) mass is 498 g/mol. The third-order valence-electron chi connectivity index (χ3n) is 5.50. The van der Waals surface area contributed by atoms with Gasteiger partial charge in [-0.05, 0) is 42.9 Å². The number of carboxylic acid groups (broad SMARTS) is 1. The van der Waals surface area contributed by atoms with Crippen LogP contribution in [0.25, 0.3) is 0 Å². The minimum absolute atomic E-state index is 0.0400. The minimum atomic E-state index is -1.21. The molecule has 0 spiro atoms. The molecule has 196 valence electrons. The molecule has 0 radical (unpaired) electrons. The van der Waals surface area contributed by atoms with Gasteiger partial charge in [-0.15, -0.1) is 0 Å². The zero-order chi connectivity index (χ0) is 27.1. The molecule has 8 heteroatoms. The number of benzene rings is 2. The summed E-state index contributed by atoms with van der Waals surface area (Å²) < 4.78 is 10.5. The van der Waals surface area contributed by atoms with E-state index in [-0.39, 0.29) is 18.3 Å². The van der Waals surface area contributed by atoms with E-state index in [1.807, 2.05) is 54.6 Å². The van der Waals surface area contributed by atoms with Crippen LogP contribution < -0.4 is 5.43 Å². The number of amides is 1. The highest BCUT2D eigenvalue weighted by Gasteiger charge is 2.37. The molecule has 2 N–H and O–H groups in total. The Labute approximate surface area is 213 Å². The van der Waals surface area contributed by atoms with Gasteiger partial charge in [0.1, 0.15) is 11.6 Å². The third kappa shape index (κ3) is 8.68. The van der Waals surface area contributed by atoms with Gasteiger partial charge in [0, 0.05) is 12.8 Å². The molecule has 0 aliphatic rings. The smallest absolute Gasteiger partial charge is 0.425 e. The van der Waals surface area contributed by atoms with E-state index < -0.39 is 35.7 Å². The molecular weight excluding hydrogens is 460 g/mol. The molecule has 36 heavy (non-hydrogen) atoms. The number of nitrogens with zero attached hydrogens (tertiary/aromatic N) is 1. The van der Waals surface area contributed by atoms with Gasteiger partial charge < -0.3 is 14.6 Å². The normalized spacial score (nSPS) is 13.4. The molecule has 1 amide bonds. The number of carbonyl (C=O) groups excluding carboxylic acids is 2. The summed E-state index contributed by atoms with van der Waals surface area (Å²) >= 11 is 0. The minimum Gasteiger partial charge on any atom is -0.480 e. The molecule has 0 unspecified atom stereocenters. The summed E-state index contributed by atoms with van der Waals surface area (Å²) in [4.78, 5) is 38.3. The van der Waals surface area contributed by atoms with E-state index in [2.05, 4.69) is 26.2 Å². The first kappa shape index (κ1) is 28.8. The van der Waals surface area contributed by atoms with E-state index in [0.29, 0.717) is 0 Å². The van der Waals surface area contributed by atoms with Crippen LogP contribution in [-0.2, 0) is 37.3 Å². The van der Waals surface area contributed by atoms with Gasteiger partial charge in [0.2, 0.25) is 0 Å². The van der Waals surface area contributed by atoms with Gasteiger partial charge in [0.15, 0.2) is 6.04 Å². The van der Waals surface area contributed by atoms with Gasteiger partial charge in [-0.2, -0.15) is 0 Å². The van der Waals surface area contributed by atoms with Gasteiger partial charge in [-0.1, -0.05) is 75.4 Å². The number of carboxylic acids is 1. The molecule has 0 saturated carbocycles. The molecule has 2 aromatic rings. The topological polar surface area (TPSA) is 105 Å². The van der Waals surface area contributed by atoms with E-state index in [1.54, 1.807) is 20.8 Å². The number of hydrogen-bond acceptors (Lipinski definition) is 6. The number of methoxy groups -OCH3 is 1. The average Bonchev–Trinajstić information content (AvgIpc) is 2.79. The highest BCUT2D eigenvalue weighted by atomic mass is 16.6. The van der Waals surface area contributed by atoms with Crippen LogP contribution in [0.5, 0.6) is 0 Å². The van der Waals surface area contributed by atoms with Gasteiger partial charge >= 0.3 is 18.0 Å². The van der Waals surface area contributed by atoms with E-state index in [0.717, 1.165) is 21.7 Å². The maximum absolute atomic E-state index is 13.2. The van der Waals surface area contributed by atoms with Crippen molar-refractivity contribution in [2.24, 2.45) is 0 Å². The molecule has 0 aliphatic carbocycles. The van der Waals surface area contributed by atoms with E-state index in [4.69, 9.17) is 9.47 Å². The summed E-state index contributed by atoms with van der Waals surface area (Å²) in [6.45, 7) is 11.4. The van der Waals surface area contributed by atoms with Crippen LogP contribution in [0.2, 0.25) is 0 Å². The second-order valence-corrected chi connectivity index (χ2v) is 10.7. The fourth-order valence-electron chi connectivity index (χ4n) is 3.57. The largest absolute Gasteiger partial charge is 0.480 e. The number of ether oxygens (including phenoxy) is 2. The van der Waals surface area contributed by atoms with Crippen LogP contribution in [-0.4, -0.2) is 52.9 Å². The number of hydrogen-bond donors (Lipinski definition) is 2. The summed E-state index contributed by atoms with van der Waals surface area (Å²) in [5.74, 6) is -1.87. The molecular formula is C28H38N2O6. The Morgan fingerprint density at radius 2 is 1.44 bits per heavy atom. The fourth-order valence-corrected chi connectivity index (χ4v) is 3.57. The van der Waals surface area contributed by atoms with Crippen molar-refractivity contribution >= 4 is 18.0 Å². The lowest BCUT2D eigenvalue weighted by molar-refractivity contribution is -0.151. The SMILES string of the molecule is COC(=O)[C@H](Cc1ccccc1)N(N[C@@H](Cc1ccc(C(C)(C)C)cc1)C(=O)O)C(=O)OC(C)(C)C. The second kappa shape index (κ2) is 12.0. The number of rotatable bonds is 9. The van der Waals surface area contributed by atoms with Crippen LogP contribution in [0.15, 0.2) is 54.6 Å². The standard InChI is InChI=1S/C28H38N2O6/c1-27(2,3)21-15-13-20(14-16-21)17-22(24(31)32)29-30(26(34)36-28(4,5)6)23(25(33)35-7)18-19-11-9-8-10-12-19/h8-16,22-23,29H,17-18H2,1-7H3,(H,31,32)/t22-,23-/m0/s1. The van der Waals surface area contributed by atoms with Gasteiger partial charge in [-0.25, -0.2) is 20.0 Å². The first-order valence-electron chi connectivity index (χ1n) is 11.9. The molecule has 0 fully saturated rings. The first-order chi connectivity index (χ1) is 16.7. The highest BCUT2D eigenvalue weighted by molar-refractivity contribution is 5.82. The summed E-state index contributed by atoms with van der Waals surface area (Å²) in [6.07, 6.45) is -0.687. The van der Waals surface area contributed by atoms with Crippen LogP contribution in [0, 0.1) is 0 Å². The van der Waals surface area contributed by atoms with Crippen LogP contribution in [0.3, 0.4) is 0 Å². The van der Waals surface area contributed by atoms with E-state index in [1.165, 1.54) is 7.11 Å². The lowest BCUT2D eigenvalue weighted by Gasteiger charge is -2.34. The highest BCUT2D eigenvalue weighted by Crippen LogP contribution is 2.23. The van der Waals surface area contributed by atoms with E-state index >= 15 is 0 Å². The average molecular weight is 499 g/mol. The molecule has 0 aromatic heterocycles. The fraction of sp³-hybridized carbons (Fsp3) is 0.464. The van der Waals surface area contributed by atoms with Crippen molar-refractivity contribution in [3.05, 3.63) is 71.3 Å². The zero-order valence-corrected chi connectivity index (χ0v) is 22.2. The van der Waals surface area contributed by atoms with Crippen LogP contribution in [0.4, 0.5) is 4.79 Å². The Hall–Kier alpha value is -3.39. The molecule has 0 bridgehead atoms. The molecule has 0 aliphatic heterocycles. The van der Waals surface area contributed by atoms with Crippen molar-refractivity contribution < 1.29 is 29.0 Å². The molecule has 2 aromatic carbocycles. The molecule has 0 heterocycles. The predicted molar refractivity (Wildman–Crippen MR) is 137 cm³/mol. The summed E-state index contributed by atoms with van der Waals surface area (Å²) in [7, 11) is 1.22. The molecule has 2 rings (SSSR count). The van der Waals surface area contributed by atoms with Crippen molar-refractivity contribution in [3.8, 4) is 0 Å². The third-order valence-corrected chi connectivity index (χ3v) is 5.50. The Bertz CT molecular complexity index is 1020. The lowest BCUT2D eigenvalue weighted by atomic mass is 9.86. The number of carbonyl (C=O) groups is 3. The number of aliphatic carboxylic acids is 1. The maximum atomic E-state index is 13.2. The Morgan fingerprint density at radius 3 is 1.92 bits per heavy atom. The van der Waals surface area contributed by atoms with Crippen molar-refractivity contribution in [3.63, 3.8) is 0 Å². The summed E-state index contributed by atoms with van der Waals surface area (Å²) in [5.41, 5.74) is 4.51. The Balaban J connectivity index is 2.40. The summed E-state index contributed by atoms with van der Waals surface area (Å²) in [5, 5.41) is 10.9. The summed E-state index contributed by atoms with van der Waals surface area (Å²) in [6, 6.07) is 14.4. The molecule has 8 nitrogen and oxygen atoms in total. The molecule has 2 atom stereocenters. The van der Waals surface area contributed by atoms with Crippen molar-refractivity contribution in [1.82, 2.24) is 10.4 Å². The number of nitrogens with one attached hydrogen (secondary N) is 1. The van der Waals surface area contributed by atoms with E-state index in [9.17, 15) is 19.5 Å². The predicted octanol–water partition coefficient (Wildman–Crippen LogP) is 4.51. The van der Waals surface area contributed by atoms with Gasteiger partial charge in [-0.3, -0.25) is 4.79 Å². The van der Waals surface area contributed by atoms with Crippen molar-refractivity contribution in [2.75, 3.05) is 7.11 Å².